The molecule has 0 unspecified atom stereocenters. The minimum atomic E-state index is -0.477. The molecule has 0 aliphatic rings. The Morgan fingerprint density at radius 2 is 1.73 bits per heavy atom. The number of hydrogen-bond donors (Lipinski definition) is 1. The molecule has 1 amide bonds. The molecular weight excluding hydrogens is 440 g/mol. The van der Waals surface area contributed by atoms with Crippen LogP contribution in [0.25, 0.3) is 0 Å². The summed E-state index contributed by atoms with van der Waals surface area (Å²) in [5.41, 5.74) is 5.68. The van der Waals surface area contributed by atoms with Gasteiger partial charge in [0, 0.05) is 5.02 Å². The van der Waals surface area contributed by atoms with Crippen molar-refractivity contribution in [1.82, 2.24) is 5.43 Å². The highest BCUT2D eigenvalue weighted by molar-refractivity contribution is 6.30. The number of halogens is 1. The number of aryl methyl sites for hydroxylation is 1. The van der Waals surface area contributed by atoms with E-state index in [-0.39, 0.29) is 12.5 Å². The standard InChI is InChI=1S/C26H25ClN2O4/c1-17(2)21-7-4-18(3)24(14-21)32-16-25(30)29-28-15-19-5-12-23(13-6-19)33-26(31)20-8-10-22(27)11-9-20/h4-15,17H,16H2,1-3H3,(H,29,30)/b28-15+. The Morgan fingerprint density at radius 1 is 1.03 bits per heavy atom. The van der Waals surface area contributed by atoms with Crippen molar-refractivity contribution in [2.75, 3.05) is 6.61 Å². The quantitative estimate of drug-likeness (QED) is 0.206. The number of nitrogens with zero attached hydrogens (tertiary/aromatic N) is 1. The Labute approximate surface area is 198 Å². The topological polar surface area (TPSA) is 77.0 Å². The molecule has 0 aliphatic heterocycles. The Morgan fingerprint density at radius 3 is 2.39 bits per heavy atom. The van der Waals surface area contributed by atoms with Crippen LogP contribution in [0.2, 0.25) is 5.02 Å². The van der Waals surface area contributed by atoms with Gasteiger partial charge < -0.3 is 9.47 Å². The monoisotopic (exact) mass is 464 g/mol. The fraction of sp³-hybridized carbons (Fsp3) is 0.192. The third-order valence-electron chi connectivity index (χ3n) is 4.81. The van der Waals surface area contributed by atoms with Crippen LogP contribution in [0.4, 0.5) is 0 Å². The van der Waals surface area contributed by atoms with E-state index in [4.69, 9.17) is 21.1 Å². The largest absolute Gasteiger partial charge is 0.483 e. The molecule has 3 aromatic rings. The first kappa shape index (κ1) is 24.0. The number of esters is 1. The molecule has 0 heterocycles. The van der Waals surface area contributed by atoms with Crippen LogP contribution < -0.4 is 14.9 Å². The minimum absolute atomic E-state index is 0.140. The van der Waals surface area contributed by atoms with Gasteiger partial charge in [0.25, 0.3) is 5.91 Å². The zero-order valence-electron chi connectivity index (χ0n) is 18.7. The molecule has 0 aliphatic carbocycles. The summed E-state index contributed by atoms with van der Waals surface area (Å²) < 4.78 is 11.0. The smallest absolute Gasteiger partial charge is 0.343 e. The second-order valence-electron chi connectivity index (χ2n) is 7.73. The van der Waals surface area contributed by atoms with E-state index in [1.165, 1.54) is 6.21 Å². The van der Waals surface area contributed by atoms with Crippen molar-refractivity contribution in [3.8, 4) is 11.5 Å². The van der Waals surface area contributed by atoms with Crippen molar-refractivity contribution >= 4 is 29.7 Å². The number of ether oxygens (including phenoxy) is 2. The van der Waals surface area contributed by atoms with E-state index in [1.54, 1.807) is 48.5 Å². The first-order valence-electron chi connectivity index (χ1n) is 10.4. The molecule has 0 fully saturated rings. The van der Waals surface area contributed by atoms with Gasteiger partial charge in [-0.25, -0.2) is 10.2 Å². The highest BCUT2D eigenvalue weighted by Crippen LogP contribution is 2.24. The molecule has 7 heteroatoms. The maximum atomic E-state index is 12.1. The van der Waals surface area contributed by atoms with Crippen LogP contribution in [0.1, 0.15) is 46.8 Å². The Balaban J connectivity index is 1.48. The van der Waals surface area contributed by atoms with Crippen LogP contribution in [0, 0.1) is 6.92 Å². The van der Waals surface area contributed by atoms with Crippen molar-refractivity contribution in [3.63, 3.8) is 0 Å². The third kappa shape index (κ3) is 7.19. The van der Waals surface area contributed by atoms with E-state index < -0.39 is 5.97 Å². The van der Waals surface area contributed by atoms with E-state index in [1.807, 2.05) is 19.1 Å². The lowest BCUT2D eigenvalue weighted by Gasteiger charge is -2.12. The van der Waals surface area contributed by atoms with Gasteiger partial charge in [-0.15, -0.1) is 0 Å². The van der Waals surface area contributed by atoms with Gasteiger partial charge >= 0.3 is 5.97 Å². The van der Waals surface area contributed by atoms with E-state index in [0.29, 0.717) is 28.0 Å². The Bertz CT molecular complexity index is 1140. The minimum Gasteiger partial charge on any atom is -0.483 e. The van der Waals surface area contributed by atoms with Gasteiger partial charge in [0.2, 0.25) is 0 Å². The molecule has 6 nitrogen and oxygen atoms in total. The van der Waals surface area contributed by atoms with Crippen LogP contribution in [-0.2, 0) is 4.79 Å². The number of amides is 1. The molecule has 0 bridgehead atoms. The molecule has 0 saturated carbocycles. The molecule has 0 spiro atoms. The summed E-state index contributed by atoms with van der Waals surface area (Å²) in [6, 6.07) is 19.2. The summed E-state index contributed by atoms with van der Waals surface area (Å²) in [7, 11) is 0. The third-order valence-corrected chi connectivity index (χ3v) is 5.06. The van der Waals surface area contributed by atoms with Gasteiger partial charge in [0.05, 0.1) is 11.8 Å². The molecule has 0 aromatic heterocycles. The van der Waals surface area contributed by atoms with E-state index in [2.05, 4.69) is 30.4 Å². The van der Waals surface area contributed by atoms with Gasteiger partial charge in [-0.05, 0) is 84.1 Å². The molecule has 1 N–H and O–H groups in total. The molecule has 3 aromatic carbocycles. The summed E-state index contributed by atoms with van der Waals surface area (Å²) in [5, 5.41) is 4.49. The van der Waals surface area contributed by atoms with Crippen LogP contribution in [0.5, 0.6) is 11.5 Å². The maximum absolute atomic E-state index is 12.1. The summed E-state index contributed by atoms with van der Waals surface area (Å²) in [6.45, 7) is 6.00. The number of hydrazone groups is 1. The predicted molar refractivity (Wildman–Crippen MR) is 129 cm³/mol. The van der Waals surface area contributed by atoms with Gasteiger partial charge in [0.15, 0.2) is 6.61 Å². The highest BCUT2D eigenvalue weighted by Gasteiger charge is 2.09. The zero-order chi connectivity index (χ0) is 23.8. The Kier molecular flexibility index (Phi) is 8.22. The van der Waals surface area contributed by atoms with E-state index in [9.17, 15) is 9.59 Å². The van der Waals surface area contributed by atoms with Crippen LogP contribution in [0.3, 0.4) is 0 Å². The van der Waals surface area contributed by atoms with Gasteiger partial charge in [-0.1, -0.05) is 37.6 Å². The second kappa shape index (κ2) is 11.3. The number of carbonyl (C=O) groups is 2. The van der Waals surface area contributed by atoms with Crippen molar-refractivity contribution in [1.29, 1.82) is 0 Å². The summed E-state index contributed by atoms with van der Waals surface area (Å²) in [4.78, 5) is 24.2. The van der Waals surface area contributed by atoms with Gasteiger partial charge in [0.1, 0.15) is 11.5 Å². The predicted octanol–water partition coefficient (Wildman–Crippen LogP) is 5.52. The molecule has 0 saturated heterocycles. The van der Waals surface area contributed by atoms with Gasteiger partial charge in [-0.2, -0.15) is 5.10 Å². The number of carbonyl (C=O) groups excluding carboxylic acids is 2. The lowest BCUT2D eigenvalue weighted by atomic mass is 10.0. The zero-order valence-corrected chi connectivity index (χ0v) is 19.4. The number of benzene rings is 3. The maximum Gasteiger partial charge on any atom is 0.343 e. The van der Waals surface area contributed by atoms with Crippen molar-refractivity contribution in [3.05, 3.63) is 94.0 Å². The fourth-order valence-corrected chi connectivity index (χ4v) is 2.99. The SMILES string of the molecule is Cc1ccc(C(C)C)cc1OCC(=O)N/N=C/c1ccc(OC(=O)c2ccc(Cl)cc2)cc1. The van der Waals surface area contributed by atoms with Gasteiger partial charge in [-0.3, -0.25) is 4.79 Å². The molecule has 170 valence electrons. The molecule has 0 radical (unpaired) electrons. The number of rotatable bonds is 8. The summed E-state index contributed by atoms with van der Waals surface area (Å²) >= 11 is 5.83. The first-order valence-corrected chi connectivity index (χ1v) is 10.8. The summed E-state index contributed by atoms with van der Waals surface area (Å²) in [6.07, 6.45) is 1.49. The molecular formula is C26H25ClN2O4. The van der Waals surface area contributed by atoms with Crippen molar-refractivity contribution in [2.24, 2.45) is 5.10 Å². The van der Waals surface area contributed by atoms with E-state index >= 15 is 0 Å². The van der Waals surface area contributed by atoms with Crippen LogP contribution in [0.15, 0.2) is 71.8 Å². The number of nitrogens with one attached hydrogen (secondary N) is 1. The Hall–Kier alpha value is -3.64. The molecule has 3 rings (SSSR count). The lowest BCUT2D eigenvalue weighted by Crippen LogP contribution is -2.24. The first-order chi connectivity index (χ1) is 15.8. The highest BCUT2D eigenvalue weighted by atomic mass is 35.5. The molecule has 0 atom stereocenters. The van der Waals surface area contributed by atoms with Crippen molar-refractivity contribution < 1.29 is 19.1 Å². The lowest BCUT2D eigenvalue weighted by molar-refractivity contribution is -0.123. The fourth-order valence-electron chi connectivity index (χ4n) is 2.86. The summed E-state index contributed by atoms with van der Waals surface area (Å²) in [5.74, 6) is 0.606. The molecule has 33 heavy (non-hydrogen) atoms. The number of hydrogen-bond acceptors (Lipinski definition) is 5. The second-order valence-corrected chi connectivity index (χ2v) is 8.16. The van der Waals surface area contributed by atoms with Crippen LogP contribution >= 0.6 is 11.6 Å². The van der Waals surface area contributed by atoms with E-state index in [0.717, 1.165) is 16.7 Å². The average Bonchev–Trinajstić information content (AvgIpc) is 2.80. The van der Waals surface area contributed by atoms with Crippen molar-refractivity contribution in [2.45, 2.75) is 26.7 Å². The average molecular weight is 465 g/mol. The normalized spacial score (nSPS) is 10.9. The van der Waals surface area contributed by atoms with Crippen LogP contribution in [-0.4, -0.2) is 24.7 Å².